The number of hydrogen-bond acceptors (Lipinski definition) is 4. The first-order valence-electron chi connectivity index (χ1n) is 5.36. The van der Waals surface area contributed by atoms with Crippen molar-refractivity contribution >= 4 is 35.0 Å². The number of nitrogens with zero attached hydrogens (tertiary/aromatic N) is 1. The summed E-state index contributed by atoms with van der Waals surface area (Å²) in [4.78, 5) is 26.1. The van der Waals surface area contributed by atoms with E-state index < -0.39 is 5.97 Å². The highest BCUT2D eigenvalue weighted by Gasteiger charge is 2.07. The van der Waals surface area contributed by atoms with E-state index in [-0.39, 0.29) is 5.91 Å². The van der Waals surface area contributed by atoms with E-state index in [1.54, 1.807) is 35.2 Å². The maximum Gasteiger partial charge on any atom is 0.328 e. The van der Waals surface area contributed by atoms with Gasteiger partial charge in [0.15, 0.2) is 0 Å². The molecule has 1 aromatic heterocycles. The van der Waals surface area contributed by atoms with E-state index in [2.05, 4.69) is 10.3 Å². The van der Waals surface area contributed by atoms with Crippen LogP contribution >= 0.6 is 11.3 Å². The van der Waals surface area contributed by atoms with Gasteiger partial charge in [-0.05, 0) is 23.8 Å². The Kier molecular flexibility index (Phi) is 4.04. The molecule has 1 aromatic carbocycles. The summed E-state index contributed by atoms with van der Waals surface area (Å²) in [6.45, 7) is 0. The molecule has 2 N–H and O–H groups in total. The molecule has 0 bridgehead atoms. The molecule has 5 nitrogen and oxygen atoms in total. The second-order valence-corrected chi connectivity index (χ2v) is 4.34. The molecule has 1 heterocycles. The molecule has 0 aliphatic rings. The number of thiazole rings is 1. The largest absolute Gasteiger partial charge is 0.478 e. The van der Waals surface area contributed by atoms with Crippen LogP contribution in [0.3, 0.4) is 0 Å². The Bertz CT molecular complexity index is 621. The molecule has 0 aliphatic heterocycles. The highest BCUT2D eigenvalue weighted by molar-refractivity contribution is 7.07. The van der Waals surface area contributed by atoms with Crippen molar-refractivity contribution in [2.45, 2.75) is 0 Å². The summed E-state index contributed by atoms with van der Waals surface area (Å²) in [7, 11) is 0. The van der Waals surface area contributed by atoms with Gasteiger partial charge in [0, 0.05) is 17.1 Å². The van der Waals surface area contributed by atoms with Crippen molar-refractivity contribution in [2.75, 3.05) is 5.32 Å². The fourth-order valence-corrected chi connectivity index (χ4v) is 1.94. The second-order valence-electron chi connectivity index (χ2n) is 3.62. The molecule has 0 saturated carbocycles. The summed E-state index contributed by atoms with van der Waals surface area (Å²) < 4.78 is 0. The standard InChI is InChI=1S/C13H10N2O3S/c16-12(17)5-4-9-2-1-3-10(6-9)15-13(18)11-7-19-8-14-11/h1-8H,(H,15,18)(H,16,17)/b5-4+. The minimum atomic E-state index is -1.02. The number of aromatic nitrogens is 1. The highest BCUT2D eigenvalue weighted by Crippen LogP contribution is 2.13. The van der Waals surface area contributed by atoms with E-state index in [9.17, 15) is 9.59 Å². The van der Waals surface area contributed by atoms with Crippen LogP contribution in [0.25, 0.3) is 6.08 Å². The van der Waals surface area contributed by atoms with E-state index in [4.69, 9.17) is 5.11 Å². The quantitative estimate of drug-likeness (QED) is 0.839. The van der Waals surface area contributed by atoms with Gasteiger partial charge in [0.05, 0.1) is 5.51 Å². The predicted octanol–water partition coefficient (Wildman–Crippen LogP) is 2.49. The molecule has 2 rings (SSSR count). The van der Waals surface area contributed by atoms with Crippen molar-refractivity contribution in [3.63, 3.8) is 0 Å². The lowest BCUT2D eigenvalue weighted by Crippen LogP contribution is -2.12. The molecule has 0 unspecified atom stereocenters. The number of carbonyl (C=O) groups excluding carboxylic acids is 1. The molecule has 0 spiro atoms. The molecule has 6 heteroatoms. The second kappa shape index (κ2) is 5.92. The third-order valence-corrected chi connectivity index (χ3v) is 2.81. The van der Waals surface area contributed by atoms with Crippen LogP contribution in [-0.4, -0.2) is 22.0 Å². The molecule has 1 amide bonds. The van der Waals surface area contributed by atoms with Gasteiger partial charge in [0.2, 0.25) is 0 Å². The van der Waals surface area contributed by atoms with Gasteiger partial charge in [-0.1, -0.05) is 12.1 Å². The van der Waals surface area contributed by atoms with Crippen LogP contribution in [0.2, 0.25) is 0 Å². The van der Waals surface area contributed by atoms with Gasteiger partial charge in [-0.15, -0.1) is 11.3 Å². The van der Waals surface area contributed by atoms with Crippen molar-refractivity contribution in [2.24, 2.45) is 0 Å². The van der Waals surface area contributed by atoms with Gasteiger partial charge in [0.1, 0.15) is 5.69 Å². The first-order valence-corrected chi connectivity index (χ1v) is 6.30. The average molecular weight is 274 g/mol. The minimum absolute atomic E-state index is 0.291. The van der Waals surface area contributed by atoms with Gasteiger partial charge in [-0.3, -0.25) is 4.79 Å². The van der Waals surface area contributed by atoms with Crippen molar-refractivity contribution < 1.29 is 14.7 Å². The minimum Gasteiger partial charge on any atom is -0.478 e. The summed E-state index contributed by atoms with van der Waals surface area (Å²) in [5.74, 6) is -1.31. The normalized spacial score (nSPS) is 10.5. The topological polar surface area (TPSA) is 79.3 Å². The van der Waals surface area contributed by atoms with Crippen LogP contribution in [0.5, 0.6) is 0 Å². The van der Waals surface area contributed by atoms with Gasteiger partial charge >= 0.3 is 5.97 Å². The molecule has 0 aliphatic carbocycles. The molecule has 0 atom stereocenters. The summed E-state index contributed by atoms with van der Waals surface area (Å²) in [6, 6.07) is 6.89. The van der Waals surface area contributed by atoms with E-state index in [1.807, 2.05) is 0 Å². The Labute approximate surface area is 113 Å². The van der Waals surface area contributed by atoms with E-state index in [0.29, 0.717) is 16.9 Å². The number of benzene rings is 1. The molecule has 96 valence electrons. The van der Waals surface area contributed by atoms with Crippen molar-refractivity contribution in [1.29, 1.82) is 0 Å². The zero-order valence-corrected chi connectivity index (χ0v) is 10.6. The lowest BCUT2D eigenvalue weighted by Gasteiger charge is -2.03. The first-order chi connectivity index (χ1) is 9.15. The molecular formula is C13H10N2O3S. The van der Waals surface area contributed by atoms with Gasteiger partial charge in [-0.25, -0.2) is 9.78 Å². The van der Waals surface area contributed by atoms with E-state index in [1.165, 1.54) is 17.4 Å². The number of carbonyl (C=O) groups is 2. The van der Waals surface area contributed by atoms with Gasteiger partial charge in [0.25, 0.3) is 5.91 Å². The number of nitrogens with one attached hydrogen (secondary N) is 1. The maximum absolute atomic E-state index is 11.8. The Morgan fingerprint density at radius 2 is 2.21 bits per heavy atom. The molecule has 0 saturated heterocycles. The Hall–Kier alpha value is -2.47. The smallest absolute Gasteiger partial charge is 0.328 e. The number of aliphatic carboxylic acids is 1. The third kappa shape index (κ3) is 3.75. The number of hydrogen-bond donors (Lipinski definition) is 2. The molecular weight excluding hydrogens is 264 g/mol. The average Bonchev–Trinajstić information content (AvgIpc) is 2.91. The summed E-state index contributed by atoms with van der Waals surface area (Å²) in [5, 5.41) is 12.9. The van der Waals surface area contributed by atoms with Gasteiger partial charge < -0.3 is 10.4 Å². The zero-order valence-electron chi connectivity index (χ0n) is 9.74. The number of carboxylic acid groups (broad SMARTS) is 1. The predicted molar refractivity (Wildman–Crippen MR) is 73.2 cm³/mol. The lowest BCUT2D eigenvalue weighted by molar-refractivity contribution is -0.131. The molecule has 0 radical (unpaired) electrons. The number of carboxylic acids is 1. The fourth-order valence-electron chi connectivity index (χ4n) is 1.41. The monoisotopic (exact) mass is 274 g/mol. The Morgan fingerprint density at radius 1 is 1.37 bits per heavy atom. The van der Waals surface area contributed by atoms with Crippen LogP contribution in [0.1, 0.15) is 16.1 Å². The molecule has 2 aromatic rings. The highest BCUT2D eigenvalue weighted by atomic mass is 32.1. The first kappa shape index (κ1) is 13.0. The van der Waals surface area contributed by atoms with E-state index >= 15 is 0 Å². The Balaban J connectivity index is 2.11. The van der Waals surface area contributed by atoms with Crippen LogP contribution in [0, 0.1) is 0 Å². The van der Waals surface area contributed by atoms with Crippen molar-refractivity contribution in [1.82, 2.24) is 4.98 Å². The fraction of sp³-hybridized carbons (Fsp3) is 0. The van der Waals surface area contributed by atoms with E-state index in [0.717, 1.165) is 6.08 Å². The maximum atomic E-state index is 11.8. The summed E-state index contributed by atoms with van der Waals surface area (Å²) >= 11 is 1.34. The van der Waals surface area contributed by atoms with Crippen LogP contribution in [0.4, 0.5) is 5.69 Å². The lowest BCUT2D eigenvalue weighted by atomic mass is 10.2. The number of amides is 1. The van der Waals surface area contributed by atoms with Crippen molar-refractivity contribution in [3.8, 4) is 0 Å². The van der Waals surface area contributed by atoms with Crippen LogP contribution < -0.4 is 5.32 Å². The SMILES string of the molecule is O=C(O)/C=C/c1cccc(NC(=O)c2cscn2)c1. The van der Waals surface area contributed by atoms with Gasteiger partial charge in [-0.2, -0.15) is 0 Å². The molecule has 19 heavy (non-hydrogen) atoms. The number of anilines is 1. The third-order valence-electron chi connectivity index (χ3n) is 2.23. The summed E-state index contributed by atoms with van der Waals surface area (Å²) in [5.41, 5.74) is 3.22. The zero-order chi connectivity index (χ0) is 13.7. The Morgan fingerprint density at radius 3 is 2.89 bits per heavy atom. The summed E-state index contributed by atoms with van der Waals surface area (Å²) in [6.07, 6.45) is 2.50. The van der Waals surface area contributed by atoms with Crippen molar-refractivity contribution in [3.05, 3.63) is 52.5 Å². The molecule has 0 fully saturated rings. The van der Waals surface area contributed by atoms with Crippen LogP contribution in [0.15, 0.2) is 41.2 Å². The van der Waals surface area contributed by atoms with Crippen LogP contribution in [-0.2, 0) is 4.79 Å². The number of rotatable bonds is 4.